The van der Waals surface area contributed by atoms with E-state index in [2.05, 4.69) is 11.4 Å². The van der Waals surface area contributed by atoms with Crippen LogP contribution in [-0.4, -0.2) is 29.5 Å². The van der Waals surface area contributed by atoms with Crippen LogP contribution in [0.25, 0.3) is 0 Å². The van der Waals surface area contributed by atoms with Crippen molar-refractivity contribution in [3.63, 3.8) is 0 Å². The van der Waals surface area contributed by atoms with Crippen molar-refractivity contribution in [1.82, 2.24) is 0 Å². The van der Waals surface area contributed by atoms with Gasteiger partial charge in [-0.05, 0) is 61.4 Å². The lowest BCUT2D eigenvalue weighted by molar-refractivity contribution is -0.114. The van der Waals surface area contributed by atoms with Crippen molar-refractivity contribution in [3.05, 3.63) is 53.6 Å². The molecule has 1 amide bonds. The predicted octanol–water partition coefficient (Wildman–Crippen LogP) is 3.79. The topological polar surface area (TPSA) is 58.6 Å². The van der Waals surface area contributed by atoms with Gasteiger partial charge in [0.1, 0.15) is 12.4 Å². The summed E-state index contributed by atoms with van der Waals surface area (Å²) in [6.07, 6.45) is -0.550. The second-order valence-electron chi connectivity index (χ2n) is 5.80. The van der Waals surface area contributed by atoms with E-state index < -0.39 is 6.10 Å². The summed E-state index contributed by atoms with van der Waals surface area (Å²) >= 11 is 1.55. The van der Waals surface area contributed by atoms with Crippen LogP contribution in [0, 0.1) is 13.8 Å². The zero-order valence-corrected chi connectivity index (χ0v) is 15.0. The van der Waals surface area contributed by atoms with Crippen LogP contribution in [0.5, 0.6) is 5.75 Å². The Morgan fingerprint density at radius 1 is 1.17 bits per heavy atom. The number of thioether (sulfide) groups is 1. The fourth-order valence-electron chi connectivity index (χ4n) is 2.29. The zero-order valence-electron chi connectivity index (χ0n) is 14.2. The number of aliphatic hydroxyl groups is 1. The lowest BCUT2D eigenvalue weighted by Gasteiger charge is -2.13. The number of carbonyl (C=O) groups excluding carboxylic acids is 1. The van der Waals surface area contributed by atoms with Gasteiger partial charge in [-0.2, -0.15) is 0 Å². The third-order valence-electron chi connectivity index (χ3n) is 3.25. The molecule has 0 heterocycles. The van der Waals surface area contributed by atoms with Crippen molar-refractivity contribution >= 4 is 23.4 Å². The van der Waals surface area contributed by atoms with E-state index in [1.54, 1.807) is 11.8 Å². The molecular formula is C19H23NO3S. The van der Waals surface area contributed by atoms with Gasteiger partial charge >= 0.3 is 0 Å². The molecule has 0 fully saturated rings. The van der Waals surface area contributed by atoms with Crippen molar-refractivity contribution in [2.24, 2.45) is 0 Å². The maximum atomic E-state index is 11.0. The van der Waals surface area contributed by atoms with Gasteiger partial charge in [0.15, 0.2) is 0 Å². The highest BCUT2D eigenvalue weighted by molar-refractivity contribution is 7.99. The van der Waals surface area contributed by atoms with Crippen molar-refractivity contribution < 1.29 is 14.6 Å². The molecule has 0 aliphatic rings. The Bertz CT molecular complexity index is 665. The van der Waals surface area contributed by atoms with Gasteiger partial charge in [0, 0.05) is 23.3 Å². The van der Waals surface area contributed by atoms with E-state index in [0.29, 0.717) is 5.75 Å². The largest absolute Gasteiger partial charge is 0.491 e. The molecule has 0 aromatic heterocycles. The molecule has 0 aliphatic heterocycles. The van der Waals surface area contributed by atoms with Crippen LogP contribution in [0.3, 0.4) is 0 Å². The highest BCUT2D eigenvalue weighted by Gasteiger charge is 2.07. The zero-order chi connectivity index (χ0) is 17.5. The molecule has 1 unspecified atom stereocenters. The molecule has 24 heavy (non-hydrogen) atoms. The molecule has 0 spiro atoms. The fourth-order valence-corrected chi connectivity index (χ4v) is 3.10. The number of hydrogen-bond acceptors (Lipinski definition) is 4. The Hall–Kier alpha value is -1.98. The third kappa shape index (κ3) is 6.26. The minimum absolute atomic E-state index is 0.0886. The van der Waals surface area contributed by atoms with Crippen LogP contribution in [0.2, 0.25) is 0 Å². The van der Waals surface area contributed by atoms with E-state index in [1.807, 2.05) is 50.2 Å². The Balaban J connectivity index is 1.78. The second-order valence-corrected chi connectivity index (χ2v) is 6.90. The molecule has 2 aromatic rings. The summed E-state index contributed by atoms with van der Waals surface area (Å²) < 4.78 is 5.67. The summed E-state index contributed by atoms with van der Waals surface area (Å²) in [6.45, 7) is 5.79. The van der Waals surface area contributed by atoms with Gasteiger partial charge in [0.2, 0.25) is 5.91 Å². The van der Waals surface area contributed by atoms with E-state index >= 15 is 0 Å². The Labute approximate surface area is 147 Å². The average molecular weight is 345 g/mol. The molecule has 0 saturated carbocycles. The molecule has 2 rings (SSSR count). The molecule has 5 heteroatoms. The monoisotopic (exact) mass is 345 g/mol. The van der Waals surface area contributed by atoms with Crippen molar-refractivity contribution in [1.29, 1.82) is 0 Å². The minimum atomic E-state index is -0.550. The highest BCUT2D eigenvalue weighted by atomic mass is 32.2. The number of nitrogens with one attached hydrogen (secondary N) is 1. The van der Waals surface area contributed by atoms with Gasteiger partial charge < -0.3 is 15.2 Å². The molecular weight excluding hydrogens is 322 g/mol. The molecule has 0 aliphatic carbocycles. The molecule has 1 atom stereocenters. The highest BCUT2D eigenvalue weighted by Crippen LogP contribution is 2.22. The number of rotatable bonds is 7. The van der Waals surface area contributed by atoms with Crippen LogP contribution < -0.4 is 10.1 Å². The number of aliphatic hydroxyl groups excluding tert-OH is 1. The Kier molecular flexibility index (Phi) is 6.70. The molecule has 2 N–H and O–H groups in total. The predicted molar refractivity (Wildman–Crippen MR) is 98.9 cm³/mol. The van der Waals surface area contributed by atoms with Crippen LogP contribution >= 0.6 is 11.8 Å². The maximum absolute atomic E-state index is 11.0. The third-order valence-corrected chi connectivity index (χ3v) is 4.41. The normalized spacial score (nSPS) is 11.8. The van der Waals surface area contributed by atoms with E-state index in [-0.39, 0.29) is 12.5 Å². The molecule has 2 aromatic carbocycles. The number of carbonyl (C=O) groups is 1. The van der Waals surface area contributed by atoms with E-state index in [1.165, 1.54) is 6.92 Å². The van der Waals surface area contributed by atoms with Crippen LogP contribution in [-0.2, 0) is 4.79 Å². The average Bonchev–Trinajstić information content (AvgIpc) is 2.51. The van der Waals surface area contributed by atoms with Crippen molar-refractivity contribution in [2.75, 3.05) is 17.7 Å². The fraction of sp³-hybridized carbons (Fsp3) is 0.316. The number of ether oxygens (including phenoxy) is 1. The van der Waals surface area contributed by atoms with E-state index in [4.69, 9.17) is 4.74 Å². The Morgan fingerprint density at radius 2 is 1.79 bits per heavy atom. The number of aryl methyl sites for hydroxylation is 2. The lowest BCUT2D eigenvalue weighted by Crippen LogP contribution is -2.20. The molecule has 128 valence electrons. The summed E-state index contributed by atoms with van der Waals surface area (Å²) in [6, 6.07) is 13.6. The summed E-state index contributed by atoms with van der Waals surface area (Å²) in [5, 5.41) is 12.8. The van der Waals surface area contributed by atoms with Crippen molar-refractivity contribution in [2.45, 2.75) is 31.8 Å². The van der Waals surface area contributed by atoms with Crippen LogP contribution in [0.15, 0.2) is 47.4 Å². The number of benzene rings is 2. The molecule has 0 radical (unpaired) electrons. The number of anilines is 1. The van der Waals surface area contributed by atoms with Gasteiger partial charge in [-0.15, -0.1) is 11.8 Å². The summed E-state index contributed by atoms with van der Waals surface area (Å²) in [4.78, 5) is 12.0. The quantitative estimate of drug-likeness (QED) is 0.750. The van der Waals surface area contributed by atoms with Crippen molar-refractivity contribution in [3.8, 4) is 5.75 Å². The van der Waals surface area contributed by atoms with Crippen LogP contribution in [0.4, 0.5) is 5.69 Å². The second kappa shape index (κ2) is 8.76. The first-order valence-electron chi connectivity index (χ1n) is 7.82. The van der Waals surface area contributed by atoms with Gasteiger partial charge in [-0.1, -0.05) is 6.07 Å². The van der Waals surface area contributed by atoms with E-state index in [9.17, 15) is 9.90 Å². The number of amides is 1. The smallest absolute Gasteiger partial charge is 0.221 e. The molecule has 0 bridgehead atoms. The van der Waals surface area contributed by atoms with Gasteiger partial charge in [0.25, 0.3) is 0 Å². The standard InChI is InChI=1S/C19H23NO3S/c1-13-8-14(2)10-18(9-13)23-11-17(22)12-24-19-6-4-16(5-7-19)20-15(3)21/h4-10,17,22H,11-12H2,1-3H3,(H,20,21). The first kappa shape index (κ1) is 18.4. The minimum Gasteiger partial charge on any atom is -0.491 e. The maximum Gasteiger partial charge on any atom is 0.221 e. The Morgan fingerprint density at radius 3 is 2.38 bits per heavy atom. The summed E-state index contributed by atoms with van der Waals surface area (Å²) in [5.41, 5.74) is 3.06. The first-order valence-corrected chi connectivity index (χ1v) is 8.80. The summed E-state index contributed by atoms with van der Waals surface area (Å²) in [7, 11) is 0. The van der Waals surface area contributed by atoms with Gasteiger partial charge in [-0.25, -0.2) is 0 Å². The molecule has 4 nitrogen and oxygen atoms in total. The first-order chi connectivity index (χ1) is 11.4. The van der Waals surface area contributed by atoms with Gasteiger partial charge in [0.05, 0.1) is 6.10 Å². The number of hydrogen-bond donors (Lipinski definition) is 2. The SMILES string of the molecule is CC(=O)Nc1ccc(SCC(O)COc2cc(C)cc(C)c2)cc1. The van der Waals surface area contributed by atoms with E-state index in [0.717, 1.165) is 27.5 Å². The van der Waals surface area contributed by atoms with Gasteiger partial charge in [-0.3, -0.25) is 4.79 Å². The van der Waals surface area contributed by atoms with Crippen LogP contribution in [0.1, 0.15) is 18.1 Å². The lowest BCUT2D eigenvalue weighted by atomic mass is 10.1. The summed E-state index contributed by atoms with van der Waals surface area (Å²) in [5.74, 6) is 1.25. The molecule has 0 saturated heterocycles.